The number of nitrogens with zero attached hydrogens (tertiary/aromatic N) is 2. The van der Waals surface area contributed by atoms with Gasteiger partial charge in [0.05, 0.1) is 6.61 Å². The predicted octanol–water partition coefficient (Wildman–Crippen LogP) is 4.07. The second kappa shape index (κ2) is 5.60. The number of ether oxygens (including phenoxy) is 1. The molecule has 0 spiro atoms. The van der Waals surface area contributed by atoms with Crippen LogP contribution in [-0.4, -0.2) is 16.6 Å². The third-order valence-corrected chi connectivity index (χ3v) is 2.90. The second-order valence-corrected chi connectivity index (χ2v) is 4.92. The van der Waals surface area contributed by atoms with Crippen LogP contribution in [0.15, 0.2) is 39.5 Å². The molecule has 1 heterocycles. The van der Waals surface area contributed by atoms with Crippen LogP contribution in [0, 0.1) is 0 Å². The standard InChI is InChI=1S/C12H10Br2N2O/c1-2-17-9-5-3-8(4-6-9)12-15-10(13)7-11(14)16-12/h3-7H,2H2,1H3. The first-order valence-corrected chi connectivity index (χ1v) is 6.71. The fraction of sp³-hybridized carbons (Fsp3) is 0.167. The predicted molar refractivity (Wildman–Crippen MR) is 74.0 cm³/mol. The van der Waals surface area contributed by atoms with E-state index in [0.717, 1.165) is 20.5 Å². The molecule has 5 heteroatoms. The highest BCUT2D eigenvalue weighted by Gasteiger charge is 2.04. The number of hydrogen-bond acceptors (Lipinski definition) is 3. The number of benzene rings is 1. The molecule has 1 aromatic heterocycles. The highest BCUT2D eigenvalue weighted by atomic mass is 79.9. The maximum absolute atomic E-state index is 5.38. The van der Waals surface area contributed by atoms with Crippen molar-refractivity contribution < 1.29 is 4.74 Å². The summed E-state index contributed by atoms with van der Waals surface area (Å²) in [5.41, 5.74) is 0.954. The summed E-state index contributed by atoms with van der Waals surface area (Å²) < 4.78 is 6.89. The van der Waals surface area contributed by atoms with E-state index in [1.165, 1.54) is 0 Å². The molecule has 0 fully saturated rings. The van der Waals surface area contributed by atoms with Gasteiger partial charge >= 0.3 is 0 Å². The first-order valence-electron chi connectivity index (χ1n) is 5.12. The molecule has 2 aromatic rings. The summed E-state index contributed by atoms with van der Waals surface area (Å²) >= 11 is 6.69. The van der Waals surface area contributed by atoms with E-state index in [0.29, 0.717) is 12.4 Å². The molecule has 0 saturated carbocycles. The van der Waals surface area contributed by atoms with Gasteiger partial charge in [-0.05, 0) is 63.0 Å². The Hall–Kier alpha value is -0.940. The van der Waals surface area contributed by atoms with Crippen molar-refractivity contribution in [1.82, 2.24) is 9.97 Å². The van der Waals surface area contributed by atoms with Crippen molar-refractivity contribution in [2.75, 3.05) is 6.61 Å². The quantitative estimate of drug-likeness (QED) is 0.776. The third kappa shape index (κ3) is 3.26. The molecular weight excluding hydrogens is 348 g/mol. The molecule has 1 aromatic carbocycles. The Morgan fingerprint density at radius 2 is 1.65 bits per heavy atom. The van der Waals surface area contributed by atoms with Crippen molar-refractivity contribution >= 4 is 31.9 Å². The van der Waals surface area contributed by atoms with Crippen LogP contribution in [0.2, 0.25) is 0 Å². The van der Waals surface area contributed by atoms with Gasteiger partial charge in [0.15, 0.2) is 5.82 Å². The van der Waals surface area contributed by atoms with Crippen LogP contribution in [0.25, 0.3) is 11.4 Å². The topological polar surface area (TPSA) is 35.0 Å². The molecule has 2 rings (SSSR count). The van der Waals surface area contributed by atoms with E-state index in [1.54, 1.807) is 6.07 Å². The van der Waals surface area contributed by atoms with Gasteiger partial charge in [-0.1, -0.05) is 0 Å². The lowest BCUT2D eigenvalue weighted by Crippen LogP contribution is -1.93. The van der Waals surface area contributed by atoms with Crippen molar-refractivity contribution in [1.29, 1.82) is 0 Å². The highest BCUT2D eigenvalue weighted by molar-refractivity contribution is 9.11. The van der Waals surface area contributed by atoms with Crippen LogP contribution in [0.1, 0.15) is 6.92 Å². The minimum absolute atomic E-state index is 0.665. The first kappa shape index (κ1) is 12.5. The van der Waals surface area contributed by atoms with Crippen LogP contribution in [0.3, 0.4) is 0 Å². The van der Waals surface area contributed by atoms with Crippen molar-refractivity contribution in [3.05, 3.63) is 39.5 Å². The zero-order valence-electron chi connectivity index (χ0n) is 9.15. The minimum atomic E-state index is 0.665. The minimum Gasteiger partial charge on any atom is -0.494 e. The molecule has 0 N–H and O–H groups in total. The summed E-state index contributed by atoms with van der Waals surface area (Å²) in [6, 6.07) is 9.52. The smallest absolute Gasteiger partial charge is 0.161 e. The number of rotatable bonds is 3. The fourth-order valence-corrected chi connectivity index (χ4v) is 2.46. The zero-order chi connectivity index (χ0) is 12.3. The lowest BCUT2D eigenvalue weighted by atomic mass is 10.2. The van der Waals surface area contributed by atoms with Crippen LogP contribution in [0.4, 0.5) is 0 Å². The first-order chi connectivity index (χ1) is 8.19. The number of hydrogen-bond donors (Lipinski definition) is 0. The molecule has 0 atom stereocenters. The molecule has 0 bridgehead atoms. The average molecular weight is 358 g/mol. The van der Waals surface area contributed by atoms with Crippen molar-refractivity contribution in [2.24, 2.45) is 0 Å². The second-order valence-electron chi connectivity index (χ2n) is 3.29. The van der Waals surface area contributed by atoms with Crippen LogP contribution >= 0.6 is 31.9 Å². The lowest BCUT2D eigenvalue weighted by molar-refractivity contribution is 0.340. The molecule has 0 unspecified atom stereocenters. The van der Waals surface area contributed by atoms with E-state index in [1.807, 2.05) is 31.2 Å². The van der Waals surface area contributed by atoms with E-state index in [4.69, 9.17) is 4.74 Å². The molecule has 0 aliphatic heterocycles. The SMILES string of the molecule is CCOc1ccc(-c2nc(Br)cc(Br)n2)cc1. The molecule has 0 saturated heterocycles. The van der Waals surface area contributed by atoms with Gasteiger partial charge in [0, 0.05) is 11.6 Å². The summed E-state index contributed by atoms with van der Waals surface area (Å²) in [5.74, 6) is 1.53. The van der Waals surface area contributed by atoms with E-state index in [9.17, 15) is 0 Å². The summed E-state index contributed by atoms with van der Waals surface area (Å²) in [6.45, 7) is 2.63. The summed E-state index contributed by atoms with van der Waals surface area (Å²) in [5, 5.41) is 0. The molecule has 0 radical (unpaired) electrons. The van der Waals surface area contributed by atoms with Crippen molar-refractivity contribution in [2.45, 2.75) is 6.92 Å². The number of halogens is 2. The van der Waals surface area contributed by atoms with E-state index in [-0.39, 0.29) is 0 Å². The molecule has 17 heavy (non-hydrogen) atoms. The zero-order valence-corrected chi connectivity index (χ0v) is 12.3. The van der Waals surface area contributed by atoms with E-state index >= 15 is 0 Å². The maximum Gasteiger partial charge on any atom is 0.161 e. The third-order valence-electron chi connectivity index (χ3n) is 2.09. The Morgan fingerprint density at radius 3 is 2.18 bits per heavy atom. The summed E-state index contributed by atoms with van der Waals surface area (Å²) in [6.07, 6.45) is 0. The van der Waals surface area contributed by atoms with Gasteiger partial charge in [-0.2, -0.15) is 0 Å². The van der Waals surface area contributed by atoms with Gasteiger partial charge < -0.3 is 4.74 Å². The van der Waals surface area contributed by atoms with E-state index < -0.39 is 0 Å². The lowest BCUT2D eigenvalue weighted by Gasteiger charge is -2.05. The molecule has 3 nitrogen and oxygen atoms in total. The Bertz CT molecular complexity index is 494. The van der Waals surface area contributed by atoms with Gasteiger partial charge in [-0.3, -0.25) is 0 Å². The number of aromatic nitrogens is 2. The highest BCUT2D eigenvalue weighted by Crippen LogP contribution is 2.23. The van der Waals surface area contributed by atoms with Gasteiger partial charge in [0.2, 0.25) is 0 Å². The molecule has 0 amide bonds. The monoisotopic (exact) mass is 356 g/mol. The Labute approximate surface area is 117 Å². The Morgan fingerprint density at radius 1 is 1.06 bits per heavy atom. The van der Waals surface area contributed by atoms with Crippen LogP contribution in [0.5, 0.6) is 5.75 Å². The maximum atomic E-state index is 5.38. The normalized spacial score (nSPS) is 10.3. The largest absolute Gasteiger partial charge is 0.494 e. The average Bonchev–Trinajstić information content (AvgIpc) is 2.29. The van der Waals surface area contributed by atoms with Crippen LogP contribution in [-0.2, 0) is 0 Å². The van der Waals surface area contributed by atoms with E-state index in [2.05, 4.69) is 41.8 Å². The van der Waals surface area contributed by atoms with Gasteiger partial charge in [0.1, 0.15) is 15.0 Å². The molecule has 0 aliphatic carbocycles. The molecule has 0 aliphatic rings. The van der Waals surface area contributed by atoms with Crippen molar-refractivity contribution in [3.8, 4) is 17.1 Å². The summed E-state index contributed by atoms with van der Waals surface area (Å²) in [7, 11) is 0. The molecule has 88 valence electrons. The van der Waals surface area contributed by atoms with Crippen molar-refractivity contribution in [3.63, 3.8) is 0 Å². The fourth-order valence-electron chi connectivity index (χ4n) is 1.39. The van der Waals surface area contributed by atoms with Crippen LogP contribution < -0.4 is 4.74 Å². The molecular formula is C12H10Br2N2O. The van der Waals surface area contributed by atoms with Gasteiger partial charge in [0.25, 0.3) is 0 Å². The Kier molecular flexibility index (Phi) is 4.12. The van der Waals surface area contributed by atoms with Gasteiger partial charge in [-0.15, -0.1) is 0 Å². The Balaban J connectivity index is 2.32. The van der Waals surface area contributed by atoms with Gasteiger partial charge in [-0.25, -0.2) is 9.97 Å². The summed E-state index contributed by atoms with van der Waals surface area (Å²) in [4.78, 5) is 8.63.